The third-order valence-corrected chi connectivity index (χ3v) is 5.18. The fourth-order valence-corrected chi connectivity index (χ4v) is 4.04. The van der Waals surface area contributed by atoms with Crippen LogP contribution in [0.2, 0.25) is 0 Å². The van der Waals surface area contributed by atoms with Gasteiger partial charge in [0.05, 0.1) is 11.6 Å². The molecule has 0 amide bonds. The van der Waals surface area contributed by atoms with Gasteiger partial charge in [0.1, 0.15) is 5.75 Å². The second kappa shape index (κ2) is 7.25. The van der Waals surface area contributed by atoms with Gasteiger partial charge in [-0.15, -0.1) is 11.3 Å². The molecule has 0 saturated heterocycles. The van der Waals surface area contributed by atoms with Crippen LogP contribution in [0.25, 0.3) is 0 Å². The monoisotopic (exact) mass is 353 g/mol. The second-order valence-electron chi connectivity index (χ2n) is 4.68. The van der Waals surface area contributed by atoms with E-state index in [9.17, 15) is 0 Å². The predicted octanol–water partition coefficient (Wildman–Crippen LogP) is 4.58. The molecule has 1 unspecified atom stereocenters. The number of ether oxygens (including phenoxy) is 1. The predicted molar refractivity (Wildman–Crippen MR) is 89.9 cm³/mol. The number of thiophene rings is 1. The Bertz CT molecular complexity index is 567. The number of aryl methyl sites for hydroxylation is 1. The Morgan fingerprint density at radius 2 is 2.15 bits per heavy atom. The molecule has 20 heavy (non-hydrogen) atoms. The van der Waals surface area contributed by atoms with Crippen LogP contribution in [-0.4, -0.2) is 14.2 Å². The summed E-state index contributed by atoms with van der Waals surface area (Å²) in [7, 11) is 3.72. The average molecular weight is 354 g/mol. The molecule has 0 aliphatic carbocycles. The van der Waals surface area contributed by atoms with Crippen LogP contribution >= 0.6 is 27.3 Å². The molecule has 1 aromatic carbocycles. The Balaban J connectivity index is 2.20. The lowest BCUT2D eigenvalue weighted by molar-refractivity contribution is 0.412. The molecule has 2 aromatic rings. The summed E-state index contributed by atoms with van der Waals surface area (Å²) in [6.45, 7) is 2.21. The van der Waals surface area contributed by atoms with E-state index in [0.29, 0.717) is 6.04 Å². The van der Waals surface area contributed by atoms with Gasteiger partial charge in [0.2, 0.25) is 0 Å². The van der Waals surface area contributed by atoms with Gasteiger partial charge in [-0.3, -0.25) is 0 Å². The van der Waals surface area contributed by atoms with Crippen molar-refractivity contribution >= 4 is 27.3 Å². The maximum absolute atomic E-state index is 5.28. The maximum Gasteiger partial charge on any atom is 0.133 e. The van der Waals surface area contributed by atoms with Crippen LogP contribution in [0, 0.1) is 0 Å². The van der Waals surface area contributed by atoms with Crippen molar-refractivity contribution in [3.63, 3.8) is 0 Å². The van der Waals surface area contributed by atoms with Crippen LogP contribution in [0.15, 0.2) is 34.1 Å². The van der Waals surface area contributed by atoms with Crippen molar-refractivity contribution in [2.24, 2.45) is 0 Å². The number of hydrogen-bond acceptors (Lipinski definition) is 3. The highest BCUT2D eigenvalue weighted by Crippen LogP contribution is 2.30. The normalized spacial score (nSPS) is 12.4. The second-order valence-corrected chi connectivity index (χ2v) is 6.48. The van der Waals surface area contributed by atoms with Crippen molar-refractivity contribution in [1.82, 2.24) is 5.32 Å². The highest BCUT2D eigenvalue weighted by Gasteiger charge is 2.15. The largest absolute Gasteiger partial charge is 0.496 e. The van der Waals surface area contributed by atoms with Gasteiger partial charge in [0, 0.05) is 10.9 Å². The zero-order chi connectivity index (χ0) is 14.5. The molecule has 0 fully saturated rings. The molecule has 2 nitrogen and oxygen atoms in total. The Hall–Kier alpha value is -0.840. The molecule has 0 spiro atoms. The van der Waals surface area contributed by atoms with Crippen LogP contribution in [0.5, 0.6) is 5.75 Å². The van der Waals surface area contributed by atoms with Gasteiger partial charge in [-0.05, 0) is 70.5 Å². The number of likely N-dealkylation sites (N-methyl/N-ethyl adjacent to an activating group) is 1. The Morgan fingerprint density at radius 3 is 2.75 bits per heavy atom. The van der Waals surface area contributed by atoms with Gasteiger partial charge in [0.25, 0.3) is 0 Å². The number of halogens is 1. The SMILES string of the molecule is CCc1ccsc1C(Cc1ccc(OC)c(Br)c1)NC. The van der Waals surface area contributed by atoms with Crippen molar-refractivity contribution in [1.29, 1.82) is 0 Å². The van der Waals surface area contributed by atoms with E-state index in [1.54, 1.807) is 7.11 Å². The Morgan fingerprint density at radius 1 is 1.35 bits per heavy atom. The van der Waals surface area contributed by atoms with Crippen LogP contribution in [0.3, 0.4) is 0 Å². The number of benzene rings is 1. The standard InChI is InChI=1S/C16H20BrNOS/c1-4-12-7-8-20-16(12)14(18-2)10-11-5-6-15(19-3)13(17)9-11/h5-9,14,18H,4,10H2,1-3H3. The van der Waals surface area contributed by atoms with E-state index in [1.165, 1.54) is 16.0 Å². The van der Waals surface area contributed by atoms with Crippen LogP contribution in [-0.2, 0) is 12.8 Å². The molecule has 2 rings (SSSR count). The van der Waals surface area contributed by atoms with Crippen LogP contribution in [0.1, 0.15) is 29.0 Å². The van der Waals surface area contributed by atoms with Crippen LogP contribution in [0.4, 0.5) is 0 Å². The molecular formula is C16H20BrNOS. The minimum Gasteiger partial charge on any atom is -0.496 e. The summed E-state index contributed by atoms with van der Waals surface area (Å²) in [6, 6.07) is 8.88. The molecule has 4 heteroatoms. The van der Waals surface area contributed by atoms with E-state index in [2.05, 4.69) is 51.7 Å². The lowest BCUT2D eigenvalue weighted by atomic mass is 10.0. The topological polar surface area (TPSA) is 21.3 Å². The molecule has 0 aliphatic rings. The van der Waals surface area contributed by atoms with E-state index < -0.39 is 0 Å². The Labute approximate surface area is 133 Å². The van der Waals surface area contributed by atoms with E-state index in [0.717, 1.165) is 23.1 Å². The quantitative estimate of drug-likeness (QED) is 0.820. The first-order valence-electron chi connectivity index (χ1n) is 6.75. The lowest BCUT2D eigenvalue weighted by Gasteiger charge is -2.17. The van der Waals surface area contributed by atoms with E-state index in [1.807, 2.05) is 24.5 Å². The number of methoxy groups -OCH3 is 1. The fourth-order valence-electron chi connectivity index (χ4n) is 2.34. The van der Waals surface area contributed by atoms with Gasteiger partial charge in [0.15, 0.2) is 0 Å². The summed E-state index contributed by atoms with van der Waals surface area (Å²) in [5.74, 6) is 0.875. The molecule has 0 bridgehead atoms. The fraction of sp³-hybridized carbons (Fsp3) is 0.375. The third kappa shape index (κ3) is 3.43. The summed E-state index contributed by atoms with van der Waals surface area (Å²) in [4.78, 5) is 1.45. The summed E-state index contributed by atoms with van der Waals surface area (Å²) >= 11 is 5.39. The lowest BCUT2D eigenvalue weighted by Crippen LogP contribution is -2.18. The van der Waals surface area contributed by atoms with Crippen LogP contribution < -0.4 is 10.1 Å². The summed E-state index contributed by atoms with van der Waals surface area (Å²) in [5.41, 5.74) is 2.74. The molecule has 1 heterocycles. The van der Waals surface area contributed by atoms with E-state index in [-0.39, 0.29) is 0 Å². The molecule has 0 aliphatic heterocycles. The molecule has 1 N–H and O–H groups in total. The van der Waals surface area contributed by atoms with Crippen molar-refractivity contribution in [2.75, 3.05) is 14.2 Å². The highest BCUT2D eigenvalue weighted by molar-refractivity contribution is 9.10. The molecule has 108 valence electrons. The van der Waals surface area contributed by atoms with Gasteiger partial charge >= 0.3 is 0 Å². The first-order valence-corrected chi connectivity index (χ1v) is 8.42. The minimum absolute atomic E-state index is 0.366. The number of rotatable bonds is 6. The first-order chi connectivity index (χ1) is 9.69. The van der Waals surface area contributed by atoms with Gasteiger partial charge in [-0.25, -0.2) is 0 Å². The molecule has 1 aromatic heterocycles. The summed E-state index contributed by atoms with van der Waals surface area (Å²) in [5, 5.41) is 5.62. The van der Waals surface area contributed by atoms with Gasteiger partial charge < -0.3 is 10.1 Å². The third-order valence-electron chi connectivity index (χ3n) is 3.48. The van der Waals surface area contributed by atoms with E-state index in [4.69, 9.17) is 4.74 Å². The summed E-state index contributed by atoms with van der Waals surface area (Å²) in [6.07, 6.45) is 2.07. The van der Waals surface area contributed by atoms with Crippen molar-refractivity contribution in [3.05, 3.63) is 50.1 Å². The summed E-state index contributed by atoms with van der Waals surface area (Å²) < 4.78 is 6.29. The molecule has 0 radical (unpaired) electrons. The van der Waals surface area contributed by atoms with Crippen molar-refractivity contribution in [3.8, 4) is 5.75 Å². The van der Waals surface area contributed by atoms with Gasteiger partial charge in [-0.1, -0.05) is 13.0 Å². The zero-order valence-corrected chi connectivity index (χ0v) is 14.5. The smallest absolute Gasteiger partial charge is 0.133 e. The van der Waals surface area contributed by atoms with Gasteiger partial charge in [-0.2, -0.15) is 0 Å². The van der Waals surface area contributed by atoms with Crippen molar-refractivity contribution < 1.29 is 4.74 Å². The highest BCUT2D eigenvalue weighted by atomic mass is 79.9. The average Bonchev–Trinajstić information content (AvgIpc) is 2.93. The first kappa shape index (κ1) is 15.5. The number of hydrogen-bond donors (Lipinski definition) is 1. The minimum atomic E-state index is 0.366. The Kier molecular flexibility index (Phi) is 5.64. The molecular weight excluding hydrogens is 334 g/mol. The molecule has 1 atom stereocenters. The van der Waals surface area contributed by atoms with Crippen molar-refractivity contribution in [2.45, 2.75) is 25.8 Å². The van der Waals surface area contributed by atoms with E-state index >= 15 is 0 Å². The molecule has 0 saturated carbocycles. The zero-order valence-electron chi connectivity index (χ0n) is 12.1. The number of nitrogens with one attached hydrogen (secondary N) is 1. The maximum atomic E-state index is 5.28.